The van der Waals surface area contributed by atoms with Gasteiger partial charge in [-0.05, 0) is 30.9 Å². The molecule has 3 rings (SSSR count). The van der Waals surface area contributed by atoms with Crippen LogP contribution in [0.2, 0.25) is 0 Å². The highest BCUT2D eigenvalue weighted by Gasteiger charge is 2.37. The fourth-order valence-corrected chi connectivity index (χ4v) is 3.05. The van der Waals surface area contributed by atoms with Gasteiger partial charge >= 0.3 is 5.97 Å². The molecule has 1 aromatic heterocycles. The van der Waals surface area contributed by atoms with Crippen LogP contribution in [0.4, 0.5) is 5.82 Å². The van der Waals surface area contributed by atoms with Crippen molar-refractivity contribution in [3.8, 4) is 0 Å². The van der Waals surface area contributed by atoms with E-state index in [1.807, 2.05) is 6.92 Å². The molecule has 0 aromatic carbocycles. The average Bonchev–Trinajstić information content (AvgIpc) is 2.99. The van der Waals surface area contributed by atoms with Crippen LogP contribution in [0.5, 0.6) is 0 Å². The second-order valence-electron chi connectivity index (χ2n) is 5.18. The lowest BCUT2D eigenvalue weighted by Gasteiger charge is -2.20. The van der Waals surface area contributed by atoms with Crippen molar-refractivity contribution in [1.29, 1.82) is 0 Å². The fourth-order valence-electron chi connectivity index (χ4n) is 3.05. The first-order valence-electron chi connectivity index (χ1n) is 6.87. The Hall–Kier alpha value is -1.62. The molecule has 0 spiro atoms. The molecule has 5 nitrogen and oxygen atoms in total. The number of hydrogen-bond donors (Lipinski definition) is 1. The molecule has 0 amide bonds. The van der Waals surface area contributed by atoms with Crippen LogP contribution in [0.3, 0.4) is 0 Å². The second kappa shape index (κ2) is 5.17. The molecular weight excluding hydrogens is 242 g/mol. The smallest absolute Gasteiger partial charge is 0.341 e. The fraction of sp³-hybridized carbons (Fsp3) is 0.571. The van der Waals surface area contributed by atoms with E-state index < -0.39 is 0 Å². The highest BCUT2D eigenvalue weighted by Crippen LogP contribution is 2.31. The second-order valence-corrected chi connectivity index (χ2v) is 5.18. The summed E-state index contributed by atoms with van der Waals surface area (Å²) in [5.41, 5.74) is 0.581. The van der Waals surface area contributed by atoms with E-state index in [9.17, 15) is 4.79 Å². The molecule has 1 aromatic rings. The van der Waals surface area contributed by atoms with Gasteiger partial charge in [-0.3, -0.25) is 0 Å². The van der Waals surface area contributed by atoms with E-state index in [4.69, 9.17) is 4.74 Å². The number of carbonyl (C=O) groups excluding carboxylic acids is 1. The third-order valence-corrected chi connectivity index (χ3v) is 3.97. The number of ether oxygens (including phenoxy) is 1. The van der Waals surface area contributed by atoms with Crippen molar-refractivity contribution in [3.63, 3.8) is 0 Å². The van der Waals surface area contributed by atoms with Gasteiger partial charge in [0.1, 0.15) is 11.4 Å². The number of rotatable bonds is 3. The van der Waals surface area contributed by atoms with Gasteiger partial charge in [0, 0.05) is 32.4 Å². The van der Waals surface area contributed by atoms with Crippen LogP contribution in [0.1, 0.15) is 17.3 Å². The van der Waals surface area contributed by atoms with E-state index in [0.717, 1.165) is 32.0 Å². The molecule has 2 aliphatic rings. The maximum atomic E-state index is 12.0. The van der Waals surface area contributed by atoms with Crippen molar-refractivity contribution < 1.29 is 9.53 Å². The predicted molar refractivity (Wildman–Crippen MR) is 72.3 cm³/mol. The van der Waals surface area contributed by atoms with Crippen molar-refractivity contribution in [2.24, 2.45) is 11.8 Å². The first kappa shape index (κ1) is 12.4. The van der Waals surface area contributed by atoms with Gasteiger partial charge in [0.15, 0.2) is 0 Å². The maximum absolute atomic E-state index is 12.0. The van der Waals surface area contributed by atoms with E-state index in [0.29, 0.717) is 24.0 Å². The molecule has 0 bridgehead atoms. The molecule has 1 N–H and O–H groups in total. The maximum Gasteiger partial charge on any atom is 0.341 e. The largest absolute Gasteiger partial charge is 0.462 e. The summed E-state index contributed by atoms with van der Waals surface area (Å²) in [6.45, 7) is 6.30. The minimum atomic E-state index is -0.277. The molecule has 0 saturated carbocycles. The van der Waals surface area contributed by atoms with E-state index >= 15 is 0 Å². The third kappa shape index (κ3) is 2.30. The molecule has 2 saturated heterocycles. The monoisotopic (exact) mass is 261 g/mol. The van der Waals surface area contributed by atoms with E-state index in [-0.39, 0.29) is 5.97 Å². The number of aromatic nitrogens is 1. The Bertz CT molecular complexity index is 466. The van der Waals surface area contributed by atoms with Gasteiger partial charge < -0.3 is 15.0 Å². The Morgan fingerprint density at radius 3 is 2.89 bits per heavy atom. The molecule has 19 heavy (non-hydrogen) atoms. The summed E-state index contributed by atoms with van der Waals surface area (Å²) in [5, 5.41) is 3.42. The van der Waals surface area contributed by atoms with Gasteiger partial charge in [0.2, 0.25) is 0 Å². The lowest BCUT2D eigenvalue weighted by molar-refractivity contribution is 0.0526. The van der Waals surface area contributed by atoms with Gasteiger partial charge in [-0.1, -0.05) is 0 Å². The summed E-state index contributed by atoms with van der Waals surface area (Å²) < 4.78 is 5.10. The predicted octanol–water partition coefficient (Wildman–Crippen LogP) is 0.914. The van der Waals surface area contributed by atoms with Crippen LogP contribution < -0.4 is 10.2 Å². The number of nitrogens with zero attached hydrogens (tertiary/aromatic N) is 2. The van der Waals surface area contributed by atoms with E-state index in [1.165, 1.54) is 0 Å². The molecule has 3 heterocycles. The number of anilines is 1. The zero-order chi connectivity index (χ0) is 13.2. The Morgan fingerprint density at radius 1 is 1.47 bits per heavy atom. The highest BCUT2D eigenvalue weighted by atomic mass is 16.5. The molecule has 0 aliphatic carbocycles. The van der Waals surface area contributed by atoms with Crippen molar-refractivity contribution >= 4 is 11.8 Å². The van der Waals surface area contributed by atoms with Crippen LogP contribution in [-0.2, 0) is 4.74 Å². The van der Waals surface area contributed by atoms with Crippen molar-refractivity contribution in [2.45, 2.75) is 6.92 Å². The summed E-state index contributed by atoms with van der Waals surface area (Å²) in [4.78, 5) is 18.6. The number of nitrogens with one attached hydrogen (secondary N) is 1. The molecule has 0 radical (unpaired) electrons. The minimum absolute atomic E-state index is 0.277. The normalized spacial score (nSPS) is 25.4. The quantitative estimate of drug-likeness (QED) is 0.820. The van der Waals surface area contributed by atoms with Crippen LogP contribution >= 0.6 is 0 Å². The molecular formula is C14H19N3O2. The van der Waals surface area contributed by atoms with Crippen LogP contribution in [0, 0.1) is 11.8 Å². The molecule has 102 valence electrons. The van der Waals surface area contributed by atoms with E-state index in [2.05, 4.69) is 15.2 Å². The molecule has 2 atom stereocenters. The number of esters is 1. The SMILES string of the molecule is CCOC(=O)c1cccnc1N1C[C@H]2CNC[C@H]2C1. The van der Waals surface area contributed by atoms with Gasteiger partial charge in [0.05, 0.1) is 6.61 Å². The zero-order valence-corrected chi connectivity index (χ0v) is 11.1. The average molecular weight is 261 g/mol. The third-order valence-electron chi connectivity index (χ3n) is 3.97. The van der Waals surface area contributed by atoms with Crippen molar-refractivity contribution in [3.05, 3.63) is 23.9 Å². The summed E-state index contributed by atoms with van der Waals surface area (Å²) in [5.74, 6) is 1.85. The van der Waals surface area contributed by atoms with Crippen LogP contribution in [0.25, 0.3) is 0 Å². The lowest BCUT2D eigenvalue weighted by atomic mass is 10.0. The number of pyridine rings is 1. The highest BCUT2D eigenvalue weighted by molar-refractivity contribution is 5.94. The summed E-state index contributed by atoms with van der Waals surface area (Å²) in [6.07, 6.45) is 1.74. The first-order valence-corrected chi connectivity index (χ1v) is 6.87. The van der Waals surface area contributed by atoms with Crippen LogP contribution in [0.15, 0.2) is 18.3 Å². The Balaban J connectivity index is 1.83. The summed E-state index contributed by atoms with van der Waals surface area (Å²) in [6, 6.07) is 3.58. The Kier molecular flexibility index (Phi) is 3.38. The van der Waals surface area contributed by atoms with Gasteiger partial charge in [-0.2, -0.15) is 0 Å². The standard InChI is InChI=1S/C14H19N3O2/c1-2-19-14(18)12-4-3-5-16-13(12)17-8-10-6-15-7-11(10)9-17/h3-5,10-11,15H,2,6-9H2,1H3/t10-,11+. The lowest BCUT2D eigenvalue weighted by Crippen LogP contribution is -2.28. The topological polar surface area (TPSA) is 54.5 Å². The van der Waals surface area contributed by atoms with Crippen LogP contribution in [-0.4, -0.2) is 43.7 Å². The molecule has 2 aliphatic heterocycles. The zero-order valence-electron chi connectivity index (χ0n) is 11.1. The van der Waals surface area contributed by atoms with Gasteiger partial charge in [0.25, 0.3) is 0 Å². The molecule has 0 unspecified atom stereocenters. The molecule has 5 heteroatoms. The minimum Gasteiger partial charge on any atom is -0.462 e. The van der Waals surface area contributed by atoms with Gasteiger partial charge in [-0.15, -0.1) is 0 Å². The summed E-state index contributed by atoms with van der Waals surface area (Å²) in [7, 11) is 0. The Labute approximate surface area is 113 Å². The molecule has 2 fully saturated rings. The van der Waals surface area contributed by atoms with E-state index in [1.54, 1.807) is 18.3 Å². The van der Waals surface area contributed by atoms with Gasteiger partial charge in [-0.25, -0.2) is 9.78 Å². The number of carbonyl (C=O) groups is 1. The summed E-state index contributed by atoms with van der Waals surface area (Å²) >= 11 is 0. The van der Waals surface area contributed by atoms with Crippen molar-refractivity contribution in [2.75, 3.05) is 37.7 Å². The Morgan fingerprint density at radius 2 is 2.21 bits per heavy atom. The van der Waals surface area contributed by atoms with Crippen molar-refractivity contribution in [1.82, 2.24) is 10.3 Å². The first-order chi connectivity index (χ1) is 9.29. The number of hydrogen-bond acceptors (Lipinski definition) is 5. The number of fused-ring (bicyclic) bond motifs is 1.